The van der Waals surface area contributed by atoms with Crippen molar-refractivity contribution in [3.8, 4) is 6.07 Å². The zero-order valence-corrected chi connectivity index (χ0v) is 13.7. The maximum absolute atomic E-state index is 12.5. The normalized spacial score (nSPS) is 20.3. The molecule has 0 amide bonds. The Morgan fingerprint density at radius 1 is 1.57 bits per heavy atom. The van der Waals surface area contributed by atoms with E-state index in [0.29, 0.717) is 11.6 Å². The van der Waals surface area contributed by atoms with E-state index in [1.54, 1.807) is 6.92 Å². The molecule has 1 saturated heterocycles. The number of carbonyl (C=O) groups excluding carboxylic acids is 1. The van der Waals surface area contributed by atoms with Crippen LogP contribution >= 0.6 is 11.3 Å². The fourth-order valence-corrected chi connectivity index (χ4v) is 3.62. The highest BCUT2D eigenvalue weighted by Gasteiger charge is 2.29. The van der Waals surface area contributed by atoms with Crippen LogP contribution in [0, 0.1) is 11.3 Å². The lowest BCUT2D eigenvalue weighted by atomic mass is 10.0. The van der Waals surface area contributed by atoms with E-state index in [9.17, 15) is 10.1 Å². The Hall–Kier alpha value is -1.81. The summed E-state index contributed by atoms with van der Waals surface area (Å²) in [5.74, 6) is -1.13. The summed E-state index contributed by atoms with van der Waals surface area (Å²) < 4.78 is 12.1. The molecular weight excluding hydrogens is 312 g/mol. The van der Waals surface area contributed by atoms with Gasteiger partial charge in [-0.1, -0.05) is 12.1 Å². The first kappa shape index (κ1) is 16.1. The molecule has 5 nitrogen and oxygen atoms in total. The van der Waals surface area contributed by atoms with E-state index >= 15 is 0 Å². The maximum atomic E-state index is 12.5. The minimum Gasteiger partial charge on any atom is -0.376 e. The molecule has 0 saturated carbocycles. The van der Waals surface area contributed by atoms with E-state index in [4.69, 9.17) is 9.47 Å². The predicted octanol–water partition coefficient (Wildman–Crippen LogP) is 3.06. The standard InChI is InChI=1S/C17H18N2O3S/c1-11(22-10-12-5-4-8-21-12)16(20)13(9-18)17-19-14-6-2-3-7-15(14)23-17/h2-3,6-7,11-13H,4-5,8,10H2,1H3/t11-,12+,13+/m0/s1. The third kappa shape index (κ3) is 3.58. The lowest BCUT2D eigenvalue weighted by molar-refractivity contribution is -0.131. The Labute approximate surface area is 138 Å². The molecule has 2 heterocycles. The van der Waals surface area contributed by atoms with Gasteiger partial charge in [0.2, 0.25) is 0 Å². The van der Waals surface area contributed by atoms with Gasteiger partial charge < -0.3 is 9.47 Å². The van der Waals surface area contributed by atoms with Gasteiger partial charge in [0.25, 0.3) is 0 Å². The number of ether oxygens (including phenoxy) is 2. The van der Waals surface area contributed by atoms with Crippen LogP contribution in [0.4, 0.5) is 0 Å². The van der Waals surface area contributed by atoms with Crippen molar-refractivity contribution in [1.82, 2.24) is 4.98 Å². The van der Waals surface area contributed by atoms with Crippen LogP contribution in [-0.2, 0) is 14.3 Å². The highest BCUT2D eigenvalue weighted by atomic mass is 32.1. The first-order chi connectivity index (χ1) is 11.2. The molecule has 1 fully saturated rings. The van der Waals surface area contributed by atoms with E-state index in [1.165, 1.54) is 11.3 Å². The molecule has 23 heavy (non-hydrogen) atoms. The van der Waals surface area contributed by atoms with Crippen LogP contribution in [0.15, 0.2) is 24.3 Å². The van der Waals surface area contributed by atoms with Gasteiger partial charge >= 0.3 is 0 Å². The molecule has 0 bridgehead atoms. The molecule has 2 aromatic rings. The van der Waals surface area contributed by atoms with Gasteiger partial charge in [-0.3, -0.25) is 4.79 Å². The first-order valence-electron chi connectivity index (χ1n) is 7.71. The molecule has 6 heteroatoms. The van der Waals surface area contributed by atoms with E-state index < -0.39 is 12.0 Å². The molecular formula is C17H18N2O3S. The van der Waals surface area contributed by atoms with Crippen LogP contribution in [0.2, 0.25) is 0 Å². The largest absolute Gasteiger partial charge is 0.376 e. The monoisotopic (exact) mass is 330 g/mol. The molecule has 0 spiro atoms. The molecule has 0 N–H and O–H groups in total. The van der Waals surface area contributed by atoms with Gasteiger partial charge in [0.15, 0.2) is 11.7 Å². The zero-order valence-electron chi connectivity index (χ0n) is 12.9. The second-order valence-electron chi connectivity index (χ2n) is 5.59. The predicted molar refractivity (Wildman–Crippen MR) is 87.4 cm³/mol. The van der Waals surface area contributed by atoms with Crippen molar-refractivity contribution >= 4 is 27.3 Å². The highest BCUT2D eigenvalue weighted by Crippen LogP contribution is 2.28. The van der Waals surface area contributed by atoms with Crippen molar-refractivity contribution in [2.75, 3.05) is 13.2 Å². The first-order valence-corrected chi connectivity index (χ1v) is 8.52. The van der Waals surface area contributed by atoms with Crippen LogP contribution in [0.5, 0.6) is 0 Å². The summed E-state index contributed by atoms with van der Waals surface area (Å²) in [6.45, 7) is 2.84. The number of ketones is 1. The van der Waals surface area contributed by atoms with E-state index in [1.807, 2.05) is 24.3 Å². The molecule has 1 aliphatic heterocycles. The Balaban J connectivity index is 1.69. The van der Waals surface area contributed by atoms with Crippen molar-refractivity contribution in [3.05, 3.63) is 29.3 Å². The molecule has 120 valence electrons. The molecule has 3 atom stereocenters. The number of hydrogen-bond acceptors (Lipinski definition) is 6. The smallest absolute Gasteiger partial charge is 0.185 e. The Morgan fingerprint density at radius 3 is 3.09 bits per heavy atom. The van der Waals surface area contributed by atoms with Crippen molar-refractivity contribution in [2.45, 2.75) is 37.9 Å². The zero-order chi connectivity index (χ0) is 16.2. The average Bonchev–Trinajstić information content (AvgIpc) is 3.22. The van der Waals surface area contributed by atoms with Crippen LogP contribution in [-0.4, -0.2) is 36.2 Å². The van der Waals surface area contributed by atoms with E-state index in [-0.39, 0.29) is 11.9 Å². The number of carbonyl (C=O) groups is 1. The summed E-state index contributed by atoms with van der Waals surface area (Å²) in [4.78, 5) is 17.0. The molecule has 0 aliphatic carbocycles. The third-order valence-corrected chi connectivity index (χ3v) is 5.03. The molecule has 1 aliphatic rings. The number of nitriles is 1. The molecule has 1 aromatic heterocycles. The summed E-state index contributed by atoms with van der Waals surface area (Å²) in [6, 6.07) is 9.70. The summed E-state index contributed by atoms with van der Waals surface area (Å²) in [5, 5.41) is 9.95. The van der Waals surface area contributed by atoms with E-state index in [2.05, 4.69) is 11.1 Å². The summed E-state index contributed by atoms with van der Waals surface area (Å²) in [7, 11) is 0. The second kappa shape index (κ2) is 7.18. The lowest BCUT2D eigenvalue weighted by Gasteiger charge is -2.16. The van der Waals surface area contributed by atoms with Crippen molar-refractivity contribution < 1.29 is 14.3 Å². The fraction of sp³-hybridized carbons (Fsp3) is 0.471. The summed E-state index contributed by atoms with van der Waals surface area (Å²) in [5.41, 5.74) is 0.813. The number of thiazole rings is 1. The SMILES string of the molecule is C[C@H](OC[C@H]1CCCO1)C(=O)[C@@H](C#N)c1nc2ccccc2s1. The minimum atomic E-state index is -0.883. The Bertz CT molecular complexity index is 698. The van der Waals surface area contributed by atoms with Gasteiger partial charge in [-0.2, -0.15) is 5.26 Å². The van der Waals surface area contributed by atoms with Crippen LogP contribution in [0.25, 0.3) is 10.2 Å². The summed E-state index contributed by atoms with van der Waals surface area (Å²) >= 11 is 1.38. The molecule has 0 radical (unpaired) electrons. The molecule has 3 rings (SSSR count). The fourth-order valence-electron chi connectivity index (χ4n) is 2.60. The molecule has 1 aromatic carbocycles. The molecule has 0 unspecified atom stereocenters. The number of rotatable bonds is 6. The Morgan fingerprint density at radius 2 is 2.39 bits per heavy atom. The number of benzene rings is 1. The maximum Gasteiger partial charge on any atom is 0.185 e. The number of aromatic nitrogens is 1. The highest BCUT2D eigenvalue weighted by molar-refractivity contribution is 7.18. The third-order valence-electron chi connectivity index (χ3n) is 3.93. The van der Waals surface area contributed by atoms with Gasteiger partial charge in [-0.05, 0) is 31.9 Å². The topological polar surface area (TPSA) is 72.2 Å². The van der Waals surface area contributed by atoms with Gasteiger partial charge in [-0.15, -0.1) is 11.3 Å². The van der Waals surface area contributed by atoms with Crippen molar-refractivity contribution in [2.24, 2.45) is 0 Å². The quantitative estimate of drug-likeness (QED) is 0.814. The van der Waals surface area contributed by atoms with Crippen molar-refractivity contribution in [3.63, 3.8) is 0 Å². The number of hydrogen-bond donors (Lipinski definition) is 0. The van der Waals surface area contributed by atoms with E-state index in [0.717, 1.165) is 29.7 Å². The van der Waals surface area contributed by atoms with Crippen molar-refractivity contribution in [1.29, 1.82) is 5.26 Å². The lowest BCUT2D eigenvalue weighted by Crippen LogP contribution is -2.29. The minimum absolute atomic E-state index is 0.0632. The van der Waals surface area contributed by atoms with Gasteiger partial charge in [0.1, 0.15) is 11.1 Å². The number of nitrogens with zero attached hydrogens (tertiary/aromatic N) is 2. The van der Waals surface area contributed by atoms with Crippen LogP contribution < -0.4 is 0 Å². The second-order valence-corrected chi connectivity index (χ2v) is 6.66. The van der Waals surface area contributed by atoms with Gasteiger partial charge in [0, 0.05) is 6.61 Å². The number of Topliss-reactive ketones (excluding diaryl/α,β-unsaturated/α-hetero) is 1. The summed E-state index contributed by atoms with van der Waals surface area (Å²) in [6.07, 6.45) is 1.41. The van der Waals surface area contributed by atoms with Crippen LogP contribution in [0.3, 0.4) is 0 Å². The number of para-hydroxylation sites is 1. The average molecular weight is 330 g/mol. The van der Waals surface area contributed by atoms with Gasteiger partial charge in [-0.25, -0.2) is 4.98 Å². The number of fused-ring (bicyclic) bond motifs is 1. The Kier molecular flexibility index (Phi) is 5.01. The van der Waals surface area contributed by atoms with Gasteiger partial charge in [0.05, 0.1) is 29.0 Å². The van der Waals surface area contributed by atoms with Crippen LogP contribution in [0.1, 0.15) is 30.7 Å².